The average molecular weight is 493 g/mol. The quantitative estimate of drug-likeness (QED) is 0.564. The molecule has 1 aliphatic heterocycles. The molecule has 0 aliphatic carbocycles. The standard InChI is InChI=1S/C23H23F3N4O3S/c24-23(25,26)19-8-4-5-9-20(19)34(32,33)29-14-11-18(12-15-29)22(31)28-21-10-13-27-30(21)16-17-6-2-1-3-7-17/h1-10,13,18H,11-12,14-16H2,(H,28,31). The van der Waals surface area contributed by atoms with E-state index < -0.39 is 32.6 Å². The van der Waals surface area contributed by atoms with Crippen molar-refractivity contribution in [3.8, 4) is 0 Å². The fourth-order valence-electron chi connectivity index (χ4n) is 3.97. The number of aromatic nitrogens is 2. The summed E-state index contributed by atoms with van der Waals surface area (Å²) in [6.07, 6.45) is -2.81. The summed E-state index contributed by atoms with van der Waals surface area (Å²) in [7, 11) is -4.35. The van der Waals surface area contributed by atoms with Crippen LogP contribution in [0.25, 0.3) is 0 Å². The zero-order valence-corrected chi connectivity index (χ0v) is 18.9. The van der Waals surface area contributed by atoms with E-state index in [0.29, 0.717) is 12.4 Å². The number of carbonyl (C=O) groups excluding carboxylic acids is 1. The molecule has 2 aromatic carbocycles. The van der Waals surface area contributed by atoms with Gasteiger partial charge in [0.25, 0.3) is 0 Å². The summed E-state index contributed by atoms with van der Waals surface area (Å²) in [5.74, 6) is -0.227. The smallest absolute Gasteiger partial charge is 0.311 e. The van der Waals surface area contributed by atoms with Gasteiger partial charge in [-0.15, -0.1) is 0 Å². The van der Waals surface area contributed by atoms with E-state index in [-0.39, 0.29) is 31.8 Å². The summed E-state index contributed by atoms with van der Waals surface area (Å²) in [5, 5.41) is 7.08. The maximum Gasteiger partial charge on any atom is 0.417 e. The first-order chi connectivity index (χ1) is 16.2. The lowest BCUT2D eigenvalue weighted by Crippen LogP contribution is -2.42. The number of hydrogen-bond acceptors (Lipinski definition) is 4. The van der Waals surface area contributed by atoms with Crippen molar-refractivity contribution in [1.82, 2.24) is 14.1 Å². The number of nitrogens with zero attached hydrogens (tertiary/aromatic N) is 3. The number of benzene rings is 2. The highest BCUT2D eigenvalue weighted by molar-refractivity contribution is 7.89. The van der Waals surface area contributed by atoms with Gasteiger partial charge < -0.3 is 5.32 Å². The van der Waals surface area contributed by atoms with Crippen LogP contribution in [-0.4, -0.2) is 41.5 Å². The molecule has 11 heteroatoms. The predicted octanol–water partition coefficient (Wildman–Crippen LogP) is 3.99. The molecule has 0 bridgehead atoms. The lowest BCUT2D eigenvalue weighted by atomic mass is 9.97. The first kappa shape index (κ1) is 24.0. The number of carbonyl (C=O) groups is 1. The Morgan fingerprint density at radius 1 is 1.00 bits per heavy atom. The molecule has 1 fully saturated rings. The maximum absolute atomic E-state index is 13.3. The van der Waals surface area contributed by atoms with Crippen molar-refractivity contribution < 1.29 is 26.4 Å². The van der Waals surface area contributed by atoms with Gasteiger partial charge in [0, 0.05) is 25.1 Å². The lowest BCUT2D eigenvalue weighted by Gasteiger charge is -2.31. The number of nitrogens with one attached hydrogen (secondary N) is 1. The second kappa shape index (κ2) is 9.59. The zero-order valence-electron chi connectivity index (χ0n) is 18.1. The number of piperidine rings is 1. The van der Waals surface area contributed by atoms with Gasteiger partial charge in [-0.2, -0.15) is 22.6 Å². The van der Waals surface area contributed by atoms with Gasteiger partial charge in [-0.1, -0.05) is 42.5 Å². The third kappa shape index (κ3) is 5.15. The first-order valence-corrected chi connectivity index (χ1v) is 12.1. The summed E-state index contributed by atoms with van der Waals surface area (Å²) in [5.41, 5.74) is -0.180. The fraction of sp³-hybridized carbons (Fsp3) is 0.304. The summed E-state index contributed by atoms with van der Waals surface area (Å²) >= 11 is 0. The molecule has 4 rings (SSSR count). The Balaban J connectivity index is 1.40. The monoisotopic (exact) mass is 492 g/mol. The van der Waals surface area contributed by atoms with Crippen molar-refractivity contribution in [2.45, 2.75) is 30.5 Å². The first-order valence-electron chi connectivity index (χ1n) is 10.7. The zero-order chi connectivity index (χ0) is 24.3. The molecule has 1 saturated heterocycles. The molecule has 34 heavy (non-hydrogen) atoms. The number of anilines is 1. The third-order valence-electron chi connectivity index (χ3n) is 5.78. The van der Waals surface area contributed by atoms with Crippen LogP contribution in [0.1, 0.15) is 24.0 Å². The SMILES string of the molecule is O=C(Nc1ccnn1Cc1ccccc1)C1CCN(S(=O)(=O)c2ccccc2C(F)(F)F)CC1. The normalized spacial score (nSPS) is 15.9. The number of sulfonamides is 1. The summed E-state index contributed by atoms with van der Waals surface area (Å²) in [6, 6.07) is 15.4. The number of alkyl halides is 3. The Bertz CT molecular complexity index is 1250. The Labute approximate surface area is 195 Å². The van der Waals surface area contributed by atoms with E-state index in [4.69, 9.17) is 0 Å². The largest absolute Gasteiger partial charge is 0.417 e. The van der Waals surface area contributed by atoms with Crippen LogP contribution in [0.2, 0.25) is 0 Å². The van der Waals surface area contributed by atoms with E-state index in [9.17, 15) is 26.4 Å². The number of halogens is 3. The van der Waals surface area contributed by atoms with E-state index in [1.54, 1.807) is 16.9 Å². The van der Waals surface area contributed by atoms with E-state index in [0.717, 1.165) is 28.1 Å². The Hall–Kier alpha value is -3.18. The minimum absolute atomic E-state index is 0.0457. The summed E-state index contributed by atoms with van der Waals surface area (Å²) in [6.45, 7) is 0.379. The average Bonchev–Trinajstić information content (AvgIpc) is 3.25. The van der Waals surface area contributed by atoms with Gasteiger partial charge in [0.05, 0.1) is 23.2 Å². The molecule has 3 aromatic rings. The van der Waals surface area contributed by atoms with Crippen LogP contribution in [0.5, 0.6) is 0 Å². The number of rotatable bonds is 6. The van der Waals surface area contributed by atoms with Crippen molar-refractivity contribution in [3.05, 3.63) is 78.0 Å². The molecule has 1 aliphatic rings. The van der Waals surface area contributed by atoms with Crippen molar-refractivity contribution in [2.75, 3.05) is 18.4 Å². The highest BCUT2D eigenvalue weighted by Crippen LogP contribution is 2.36. The fourth-order valence-corrected chi connectivity index (χ4v) is 5.65. The van der Waals surface area contributed by atoms with Gasteiger partial charge in [0.2, 0.25) is 15.9 Å². The highest BCUT2D eigenvalue weighted by atomic mass is 32.2. The van der Waals surface area contributed by atoms with Gasteiger partial charge in [0.1, 0.15) is 5.82 Å². The minimum Gasteiger partial charge on any atom is -0.311 e. The van der Waals surface area contributed by atoms with Gasteiger partial charge in [-0.05, 0) is 30.5 Å². The summed E-state index contributed by atoms with van der Waals surface area (Å²) in [4.78, 5) is 12.0. The number of hydrogen-bond donors (Lipinski definition) is 1. The molecule has 1 N–H and O–H groups in total. The van der Waals surface area contributed by atoms with Crippen LogP contribution < -0.4 is 5.32 Å². The highest BCUT2D eigenvalue weighted by Gasteiger charge is 2.40. The van der Waals surface area contributed by atoms with Crippen LogP contribution in [-0.2, 0) is 27.5 Å². The van der Waals surface area contributed by atoms with Crippen molar-refractivity contribution in [3.63, 3.8) is 0 Å². The molecule has 2 heterocycles. The molecule has 0 saturated carbocycles. The van der Waals surface area contributed by atoms with Crippen LogP contribution in [0, 0.1) is 5.92 Å². The van der Waals surface area contributed by atoms with Crippen LogP contribution in [0.4, 0.5) is 19.0 Å². The molecular weight excluding hydrogens is 469 g/mol. The van der Waals surface area contributed by atoms with Crippen LogP contribution >= 0.6 is 0 Å². The van der Waals surface area contributed by atoms with Gasteiger partial charge in [0.15, 0.2) is 0 Å². The molecule has 180 valence electrons. The van der Waals surface area contributed by atoms with Crippen LogP contribution in [0.15, 0.2) is 71.8 Å². The van der Waals surface area contributed by atoms with Crippen molar-refractivity contribution >= 4 is 21.7 Å². The third-order valence-corrected chi connectivity index (χ3v) is 7.73. The van der Waals surface area contributed by atoms with E-state index in [1.807, 2.05) is 30.3 Å². The van der Waals surface area contributed by atoms with Gasteiger partial charge in [-0.25, -0.2) is 13.1 Å². The molecule has 1 aromatic heterocycles. The minimum atomic E-state index is -4.79. The Morgan fingerprint density at radius 3 is 2.32 bits per heavy atom. The van der Waals surface area contributed by atoms with Crippen LogP contribution in [0.3, 0.4) is 0 Å². The number of amides is 1. The topological polar surface area (TPSA) is 84.3 Å². The molecular formula is C23H23F3N4O3S. The van der Waals surface area contributed by atoms with Crippen molar-refractivity contribution in [2.24, 2.45) is 5.92 Å². The molecule has 0 unspecified atom stereocenters. The lowest BCUT2D eigenvalue weighted by molar-refractivity contribution is -0.139. The molecule has 7 nitrogen and oxygen atoms in total. The van der Waals surface area contributed by atoms with Gasteiger partial charge >= 0.3 is 6.18 Å². The Kier molecular flexibility index (Phi) is 6.76. The molecule has 0 radical (unpaired) electrons. The van der Waals surface area contributed by atoms with E-state index in [2.05, 4.69) is 10.4 Å². The second-order valence-corrected chi connectivity index (χ2v) is 9.93. The Morgan fingerprint density at radius 2 is 1.65 bits per heavy atom. The van der Waals surface area contributed by atoms with E-state index >= 15 is 0 Å². The van der Waals surface area contributed by atoms with E-state index in [1.165, 1.54) is 6.07 Å². The molecule has 0 atom stereocenters. The molecule has 0 spiro atoms. The van der Waals surface area contributed by atoms with Gasteiger partial charge in [-0.3, -0.25) is 4.79 Å². The maximum atomic E-state index is 13.3. The predicted molar refractivity (Wildman–Crippen MR) is 119 cm³/mol. The molecule has 1 amide bonds. The van der Waals surface area contributed by atoms with Crippen molar-refractivity contribution in [1.29, 1.82) is 0 Å². The summed E-state index contributed by atoms with van der Waals surface area (Å²) < 4.78 is 68.5. The second-order valence-electron chi connectivity index (χ2n) is 8.02.